The molecule has 0 unspecified atom stereocenters. The summed E-state index contributed by atoms with van der Waals surface area (Å²) in [5, 5.41) is 3.93. The highest BCUT2D eigenvalue weighted by Gasteiger charge is 2.27. The highest BCUT2D eigenvalue weighted by molar-refractivity contribution is 7.89. The lowest BCUT2D eigenvalue weighted by Crippen LogP contribution is -2.40. The van der Waals surface area contributed by atoms with Crippen LogP contribution < -0.4 is 14.8 Å². The van der Waals surface area contributed by atoms with Gasteiger partial charge in [0.15, 0.2) is 0 Å². The summed E-state index contributed by atoms with van der Waals surface area (Å²) in [6.07, 6.45) is 1.84. The number of hydrogen-bond acceptors (Lipinski definition) is 8. The van der Waals surface area contributed by atoms with Gasteiger partial charge in [-0.05, 0) is 31.5 Å². The van der Waals surface area contributed by atoms with Crippen LogP contribution in [0.3, 0.4) is 0 Å². The van der Waals surface area contributed by atoms with Gasteiger partial charge < -0.3 is 24.5 Å². The number of anilines is 2. The Kier molecular flexibility index (Phi) is 5.99. The average molecular weight is 448 g/mol. The molecule has 0 spiro atoms. The maximum Gasteiger partial charge on any atom is 0.243 e. The molecule has 3 aromatic rings. The number of fused-ring (bicyclic) bond motifs is 1. The summed E-state index contributed by atoms with van der Waals surface area (Å²) < 4.78 is 43.7. The van der Waals surface area contributed by atoms with Crippen molar-refractivity contribution in [1.29, 1.82) is 0 Å². The van der Waals surface area contributed by atoms with Crippen LogP contribution in [-0.4, -0.2) is 67.7 Å². The Bertz CT molecular complexity index is 1190. The molecule has 31 heavy (non-hydrogen) atoms. The third kappa shape index (κ3) is 4.16. The number of aryl methyl sites for hydroxylation is 1. The number of H-pyrrole nitrogens is 1. The van der Waals surface area contributed by atoms with Gasteiger partial charge in [-0.25, -0.2) is 8.42 Å². The van der Waals surface area contributed by atoms with Crippen molar-refractivity contribution in [2.45, 2.75) is 18.7 Å². The van der Waals surface area contributed by atoms with Gasteiger partial charge in [0, 0.05) is 25.4 Å². The van der Waals surface area contributed by atoms with Crippen LogP contribution in [0.25, 0.3) is 11.0 Å². The Hall–Kier alpha value is -2.89. The van der Waals surface area contributed by atoms with Crippen LogP contribution in [0.1, 0.15) is 12.5 Å². The first-order valence-electron chi connectivity index (χ1n) is 9.95. The van der Waals surface area contributed by atoms with Crippen molar-refractivity contribution in [2.24, 2.45) is 0 Å². The van der Waals surface area contributed by atoms with E-state index in [0.717, 1.165) is 10.9 Å². The molecule has 4 rings (SSSR count). The van der Waals surface area contributed by atoms with Crippen molar-refractivity contribution in [3.8, 4) is 11.6 Å². The van der Waals surface area contributed by atoms with E-state index in [1.54, 1.807) is 6.07 Å². The lowest BCUT2D eigenvalue weighted by atomic mass is 10.2. The van der Waals surface area contributed by atoms with Gasteiger partial charge in [0.1, 0.15) is 11.4 Å². The second-order valence-corrected chi connectivity index (χ2v) is 8.92. The van der Waals surface area contributed by atoms with Crippen molar-refractivity contribution in [3.05, 3.63) is 30.0 Å². The topological polar surface area (TPSA) is 119 Å². The normalized spacial score (nSPS) is 15.2. The van der Waals surface area contributed by atoms with E-state index < -0.39 is 10.0 Å². The lowest BCUT2D eigenvalue weighted by Gasteiger charge is -2.26. The van der Waals surface area contributed by atoms with Gasteiger partial charge >= 0.3 is 0 Å². The first-order valence-corrected chi connectivity index (χ1v) is 11.4. The maximum atomic E-state index is 12.9. The predicted octanol–water partition coefficient (Wildman–Crippen LogP) is 2.44. The van der Waals surface area contributed by atoms with Crippen LogP contribution in [0.5, 0.6) is 11.6 Å². The zero-order chi connectivity index (χ0) is 22.0. The Labute approximate surface area is 180 Å². The van der Waals surface area contributed by atoms with Gasteiger partial charge in [-0.3, -0.25) is 0 Å². The van der Waals surface area contributed by atoms with Gasteiger partial charge in [0.25, 0.3) is 0 Å². The van der Waals surface area contributed by atoms with Crippen LogP contribution >= 0.6 is 0 Å². The van der Waals surface area contributed by atoms with Gasteiger partial charge in [-0.2, -0.15) is 14.3 Å². The zero-order valence-corrected chi connectivity index (χ0v) is 18.5. The molecule has 0 amide bonds. The zero-order valence-electron chi connectivity index (χ0n) is 17.6. The molecule has 0 bridgehead atoms. The second kappa shape index (κ2) is 8.69. The van der Waals surface area contributed by atoms with E-state index >= 15 is 0 Å². The number of benzene rings is 1. The van der Waals surface area contributed by atoms with E-state index in [1.165, 1.54) is 23.5 Å². The molecule has 1 aromatic carbocycles. The van der Waals surface area contributed by atoms with Crippen LogP contribution in [0.15, 0.2) is 29.3 Å². The number of rotatable bonds is 7. The molecule has 3 heterocycles. The number of nitrogens with zero attached hydrogens (tertiary/aromatic N) is 3. The van der Waals surface area contributed by atoms with Gasteiger partial charge in [-0.1, -0.05) is 0 Å². The molecule has 1 saturated heterocycles. The first kappa shape index (κ1) is 21.3. The molecule has 2 N–H and O–H groups in total. The number of nitrogens with one attached hydrogen (secondary N) is 2. The monoisotopic (exact) mass is 447 g/mol. The van der Waals surface area contributed by atoms with E-state index in [-0.39, 0.29) is 4.90 Å². The standard InChI is InChI=1S/C20H25N5O5S/c1-4-30-19-17-13(2)12-21-18(17)23-20(24-19)22-15-6-5-14(11-16(15)28-3)31(26,27)25-7-9-29-10-8-25/h5-6,11-12H,4,7-10H2,1-3H3,(H2,21,22,23,24). The molecule has 1 fully saturated rings. The van der Waals surface area contributed by atoms with Crippen molar-refractivity contribution >= 4 is 32.7 Å². The Balaban J connectivity index is 1.66. The Morgan fingerprint density at radius 2 is 2.03 bits per heavy atom. The van der Waals surface area contributed by atoms with Crippen molar-refractivity contribution in [2.75, 3.05) is 45.3 Å². The second-order valence-electron chi connectivity index (χ2n) is 6.98. The van der Waals surface area contributed by atoms with Crippen molar-refractivity contribution in [3.63, 3.8) is 0 Å². The molecule has 0 radical (unpaired) electrons. The van der Waals surface area contributed by atoms with Crippen molar-refractivity contribution in [1.82, 2.24) is 19.3 Å². The molecule has 1 aliphatic rings. The highest BCUT2D eigenvalue weighted by atomic mass is 32.2. The summed E-state index contributed by atoms with van der Waals surface area (Å²) in [5.74, 6) is 1.14. The summed E-state index contributed by atoms with van der Waals surface area (Å²) in [7, 11) is -2.15. The first-order chi connectivity index (χ1) is 14.9. The lowest BCUT2D eigenvalue weighted by molar-refractivity contribution is 0.0730. The molecule has 0 aliphatic carbocycles. The number of sulfonamides is 1. The molecule has 10 nitrogen and oxygen atoms in total. The average Bonchev–Trinajstić information content (AvgIpc) is 3.15. The van der Waals surface area contributed by atoms with E-state index in [2.05, 4.69) is 20.3 Å². The van der Waals surface area contributed by atoms with Crippen LogP contribution in [0.4, 0.5) is 11.6 Å². The van der Waals surface area contributed by atoms with Gasteiger partial charge in [0.05, 0.1) is 42.9 Å². The summed E-state index contributed by atoms with van der Waals surface area (Å²) in [6, 6.07) is 4.67. The maximum absolute atomic E-state index is 12.9. The Morgan fingerprint density at radius 3 is 2.74 bits per heavy atom. The summed E-state index contributed by atoms with van der Waals surface area (Å²) >= 11 is 0. The van der Waals surface area contributed by atoms with E-state index in [1.807, 2.05) is 20.0 Å². The molecule has 166 valence electrons. The number of aromatic nitrogens is 3. The minimum atomic E-state index is -3.64. The molecular weight excluding hydrogens is 422 g/mol. The quantitative estimate of drug-likeness (QED) is 0.567. The smallest absolute Gasteiger partial charge is 0.243 e. The van der Waals surface area contributed by atoms with Crippen LogP contribution in [0.2, 0.25) is 0 Å². The van der Waals surface area contributed by atoms with Gasteiger partial charge in [0.2, 0.25) is 21.9 Å². The van der Waals surface area contributed by atoms with E-state index in [4.69, 9.17) is 14.2 Å². The number of methoxy groups -OCH3 is 1. The molecular formula is C20H25N5O5S. The fraction of sp³-hybridized carbons (Fsp3) is 0.400. The Morgan fingerprint density at radius 1 is 1.26 bits per heavy atom. The van der Waals surface area contributed by atoms with Crippen LogP contribution in [-0.2, 0) is 14.8 Å². The SMILES string of the molecule is CCOc1nc(Nc2ccc(S(=O)(=O)N3CCOCC3)cc2OC)nc2[nH]cc(C)c12. The number of hydrogen-bond donors (Lipinski definition) is 2. The number of ether oxygens (including phenoxy) is 3. The minimum absolute atomic E-state index is 0.156. The fourth-order valence-electron chi connectivity index (χ4n) is 3.44. The molecule has 0 saturated carbocycles. The van der Waals surface area contributed by atoms with Crippen LogP contribution in [0, 0.1) is 6.92 Å². The third-order valence-electron chi connectivity index (χ3n) is 5.00. The number of aromatic amines is 1. The molecule has 1 aliphatic heterocycles. The highest BCUT2D eigenvalue weighted by Crippen LogP contribution is 2.33. The molecule has 0 atom stereocenters. The summed E-state index contributed by atoms with van der Waals surface area (Å²) in [5.41, 5.74) is 2.16. The number of morpholine rings is 1. The van der Waals surface area contributed by atoms with E-state index in [9.17, 15) is 8.42 Å². The molecule has 11 heteroatoms. The van der Waals surface area contributed by atoms with E-state index in [0.29, 0.717) is 61.8 Å². The molecule has 2 aromatic heterocycles. The summed E-state index contributed by atoms with van der Waals surface area (Å²) in [6.45, 7) is 5.73. The minimum Gasteiger partial charge on any atom is -0.495 e. The predicted molar refractivity (Wildman–Crippen MR) is 116 cm³/mol. The third-order valence-corrected chi connectivity index (χ3v) is 6.90. The van der Waals surface area contributed by atoms with Crippen molar-refractivity contribution < 1.29 is 22.6 Å². The van der Waals surface area contributed by atoms with Gasteiger partial charge in [-0.15, -0.1) is 0 Å². The summed E-state index contributed by atoms with van der Waals surface area (Å²) in [4.78, 5) is 12.2. The fourth-order valence-corrected chi connectivity index (χ4v) is 4.86. The largest absolute Gasteiger partial charge is 0.495 e.